The first-order valence-corrected chi connectivity index (χ1v) is 10.4. The molecule has 28 heavy (non-hydrogen) atoms. The molecule has 0 saturated carbocycles. The van der Waals surface area contributed by atoms with Gasteiger partial charge in [0.05, 0.1) is 22.4 Å². The number of hydrogen-bond acceptors (Lipinski definition) is 4. The van der Waals surface area contributed by atoms with E-state index in [9.17, 15) is 0 Å². The predicted molar refractivity (Wildman–Crippen MR) is 116 cm³/mol. The van der Waals surface area contributed by atoms with Crippen LogP contribution in [0.2, 0.25) is 0 Å². The maximum Gasteiger partial charge on any atom is 0.494 e. The molecule has 3 aliphatic rings. The Morgan fingerprint density at radius 1 is 0.821 bits per heavy atom. The highest BCUT2D eigenvalue weighted by Crippen LogP contribution is 2.50. The van der Waals surface area contributed by atoms with Gasteiger partial charge in [-0.3, -0.25) is 0 Å². The van der Waals surface area contributed by atoms with Crippen LogP contribution in [-0.2, 0) is 18.6 Å². The molecule has 6 heteroatoms. The zero-order valence-corrected chi connectivity index (χ0v) is 19.4. The van der Waals surface area contributed by atoms with E-state index in [1.165, 1.54) is 11.1 Å². The van der Waals surface area contributed by atoms with Crippen molar-refractivity contribution in [1.29, 1.82) is 0 Å². The summed E-state index contributed by atoms with van der Waals surface area (Å²) in [6.45, 7) is 25.1. The van der Waals surface area contributed by atoms with Crippen molar-refractivity contribution in [1.82, 2.24) is 0 Å². The number of rotatable bonds is 3. The molecule has 1 atom stereocenters. The molecule has 0 radical (unpaired) electrons. The second kappa shape index (κ2) is 6.60. The SMILES string of the molecule is C=CC1CC(=C(C)C)C(B2OC(C)(C)C(C)(C)O2)=C1B1OC(C)(C)C(C)(C)O1. The molecule has 0 aromatic carbocycles. The molecule has 0 aromatic heterocycles. The Labute approximate surface area is 172 Å². The third kappa shape index (κ3) is 3.27. The second-order valence-electron chi connectivity index (χ2n) is 10.6. The van der Waals surface area contributed by atoms with Crippen LogP contribution in [0.5, 0.6) is 0 Å². The van der Waals surface area contributed by atoms with Crippen LogP contribution in [-0.4, -0.2) is 36.6 Å². The first-order chi connectivity index (χ1) is 12.6. The van der Waals surface area contributed by atoms with E-state index in [4.69, 9.17) is 18.6 Å². The molecule has 2 fully saturated rings. The first kappa shape index (κ1) is 21.9. The maximum atomic E-state index is 6.46. The highest BCUT2D eigenvalue weighted by molar-refractivity contribution is 6.64. The van der Waals surface area contributed by atoms with Crippen molar-refractivity contribution in [3.05, 3.63) is 34.7 Å². The standard InChI is InChI=1S/C22H36B2O4/c1-12-15-13-16(14(2)3)18(24-27-21(8,9)22(10,11)28-24)17(15)23-25-19(4,5)20(6,7)26-23/h12,15H,1,13H2,2-11H3. The summed E-state index contributed by atoms with van der Waals surface area (Å²) in [5.41, 5.74) is 3.13. The molecule has 2 saturated heterocycles. The molecular weight excluding hydrogens is 350 g/mol. The molecule has 154 valence electrons. The van der Waals surface area contributed by atoms with Crippen LogP contribution < -0.4 is 0 Å². The lowest BCUT2D eigenvalue weighted by molar-refractivity contribution is 0.00578. The number of allylic oxidation sites excluding steroid dienone is 5. The molecular formula is C22H36B2O4. The summed E-state index contributed by atoms with van der Waals surface area (Å²) < 4.78 is 25.8. The summed E-state index contributed by atoms with van der Waals surface area (Å²) in [5, 5.41) is 0. The topological polar surface area (TPSA) is 36.9 Å². The maximum absolute atomic E-state index is 6.46. The average molecular weight is 386 g/mol. The zero-order chi connectivity index (χ0) is 21.3. The van der Waals surface area contributed by atoms with Crippen molar-refractivity contribution >= 4 is 14.2 Å². The molecule has 4 nitrogen and oxygen atoms in total. The third-order valence-electron chi connectivity index (χ3n) is 7.34. The normalized spacial score (nSPS) is 30.4. The van der Waals surface area contributed by atoms with Crippen LogP contribution in [0, 0.1) is 5.92 Å². The molecule has 0 spiro atoms. The minimum Gasteiger partial charge on any atom is -0.400 e. The Balaban J connectivity index is 2.13. The van der Waals surface area contributed by atoms with Gasteiger partial charge in [0.1, 0.15) is 0 Å². The molecule has 0 amide bonds. The number of hydrogen-bond donors (Lipinski definition) is 0. The minimum atomic E-state index is -0.436. The molecule has 0 N–H and O–H groups in total. The fourth-order valence-electron chi connectivity index (χ4n) is 4.01. The summed E-state index contributed by atoms with van der Waals surface area (Å²) >= 11 is 0. The van der Waals surface area contributed by atoms with Gasteiger partial charge in [-0.1, -0.05) is 11.6 Å². The van der Waals surface area contributed by atoms with Crippen LogP contribution in [0.4, 0.5) is 0 Å². The molecule has 0 bridgehead atoms. The van der Waals surface area contributed by atoms with Crippen LogP contribution in [0.1, 0.15) is 75.7 Å². The van der Waals surface area contributed by atoms with Gasteiger partial charge in [-0.2, -0.15) is 0 Å². The molecule has 3 rings (SSSR count). The fraction of sp³-hybridized carbons (Fsp3) is 0.727. The van der Waals surface area contributed by atoms with Crippen molar-refractivity contribution in [2.45, 2.75) is 98.1 Å². The summed E-state index contributed by atoms with van der Waals surface area (Å²) in [7, 11) is -0.868. The minimum absolute atomic E-state index is 0.147. The van der Waals surface area contributed by atoms with Crippen molar-refractivity contribution in [2.24, 2.45) is 5.92 Å². The van der Waals surface area contributed by atoms with Gasteiger partial charge in [0.2, 0.25) is 0 Å². The van der Waals surface area contributed by atoms with E-state index in [1.807, 2.05) is 6.08 Å². The average Bonchev–Trinajstić information content (AvgIpc) is 3.07. The molecule has 1 aliphatic carbocycles. The highest BCUT2D eigenvalue weighted by atomic mass is 16.7. The largest absolute Gasteiger partial charge is 0.494 e. The van der Waals surface area contributed by atoms with Gasteiger partial charge in [0.25, 0.3) is 0 Å². The monoisotopic (exact) mass is 386 g/mol. The summed E-state index contributed by atoms with van der Waals surface area (Å²) in [6.07, 6.45) is 2.88. The zero-order valence-electron chi connectivity index (χ0n) is 19.4. The van der Waals surface area contributed by atoms with E-state index in [-0.39, 0.29) is 5.92 Å². The van der Waals surface area contributed by atoms with E-state index < -0.39 is 36.6 Å². The Morgan fingerprint density at radius 2 is 1.21 bits per heavy atom. The lowest BCUT2D eigenvalue weighted by atomic mass is 9.63. The lowest BCUT2D eigenvalue weighted by Gasteiger charge is -2.32. The van der Waals surface area contributed by atoms with Crippen LogP contribution >= 0.6 is 0 Å². The van der Waals surface area contributed by atoms with Crippen LogP contribution in [0.15, 0.2) is 34.7 Å². The van der Waals surface area contributed by atoms with Crippen LogP contribution in [0.3, 0.4) is 0 Å². The van der Waals surface area contributed by atoms with Gasteiger partial charge in [0.15, 0.2) is 0 Å². The highest BCUT2D eigenvalue weighted by Gasteiger charge is 2.59. The van der Waals surface area contributed by atoms with Crippen molar-refractivity contribution in [3.63, 3.8) is 0 Å². The Morgan fingerprint density at radius 3 is 1.57 bits per heavy atom. The van der Waals surface area contributed by atoms with Gasteiger partial charge in [-0.15, -0.1) is 6.58 Å². The molecule has 2 aliphatic heterocycles. The first-order valence-electron chi connectivity index (χ1n) is 10.4. The third-order valence-corrected chi connectivity index (χ3v) is 7.34. The van der Waals surface area contributed by atoms with Crippen LogP contribution in [0.25, 0.3) is 0 Å². The smallest absolute Gasteiger partial charge is 0.400 e. The van der Waals surface area contributed by atoms with Crippen molar-refractivity contribution in [3.8, 4) is 0 Å². The van der Waals surface area contributed by atoms with Crippen molar-refractivity contribution in [2.75, 3.05) is 0 Å². The Bertz CT molecular complexity index is 710. The predicted octanol–water partition coefficient (Wildman–Crippen LogP) is 5.09. The Hall–Kier alpha value is -0.810. The summed E-state index contributed by atoms with van der Waals surface area (Å²) in [6, 6.07) is 0. The molecule has 0 aromatic rings. The van der Waals surface area contributed by atoms with Gasteiger partial charge in [0, 0.05) is 0 Å². The summed E-state index contributed by atoms with van der Waals surface area (Å²) in [5.74, 6) is 0.147. The lowest BCUT2D eigenvalue weighted by Crippen LogP contribution is -2.41. The second-order valence-corrected chi connectivity index (χ2v) is 10.6. The summed E-state index contributed by atoms with van der Waals surface area (Å²) in [4.78, 5) is 0. The quantitative estimate of drug-likeness (QED) is 0.500. The molecule has 2 heterocycles. The Kier molecular flexibility index (Phi) is 5.16. The van der Waals surface area contributed by atoms with E-state index in [2.05, 4.69) is 75.8 Å². The van der Waals surface area contributed by atoms with E-state index in [0.29, 0.717) is 0 Å². The van der Waals surface area contributed by atoms with Gasteiger partial charge in [-0.05, 0) is 98.1 Å². The van der Waals surface area contributed by atoms with E-state index in [0.717, 1.165) is 17.4 Å². The van der Waals surface area contributed by atoms with E-state index in [1.54, 1.807) is 0 Å². The molecule has 1 unspecified atom stereocenters. The van der Waals surface area contributed by atoms with E-state index >= 15 is 0 Å². The van der Waals surface area contributed by atoms with Gasteiger partial charge < -0.3 is 18.6 Å². The fourth-order valence-corrected chi connectivity index (χ4v) is 4.01. The van der Waals surface area contributed by atoms with Crippen molar-refractivity contribution < 1.29 is 18.6 Å². The van der Waals surface area contributed by atoms with Gasteiger partial charge >= 0.3 is 14.2 Å². The van der Waals surface area contributed by atoms with Gasteiger partial charge in [-0.25, -0.2) is 0 Å².